The number of aryl methyl sites for hydroxylation is 1. The molecule has 0 heterocycles. The third-order valence-electron chi connectivity index (χ3n) is 3.44. The molecular formula is C15H24BrN. The fraction of sp³-hybridized carbons (Fsp3) is 0.600. The Morgan fingerprint density at radius 3 is 2.53 bits per heavy atom. The van der Waals surface area contributed by atoms with Crippen LogP contribution in [0, 0.1) is 12.8 Å². The van der Waals surface area contributed by atoms with Crippen LogP contribution >= 0.6 is 15.9 Å². The molecule has 0 saturated carbocycles. The van der Waals surface area contributed by atoms with Crippen molar-refractivity contribution in [2.75, 3.05) is 5.32 Å². The second-order valence-corrected chi connectivity index (χ2v) is 5.87. The van der Waals surface area contributed by atoms with Crippen molar-refractivity contribution in [1.82, 2.24) is 0 Å². The smallest absolute Gasteiger partial charge is 0.0383 e. The van der Waals surface area contributed by atoms with Gasteiger partial charge in [-0.2, -0.15) is 0 Å². The highest BCUT2D eigenvalue weighted by atomic mass is 79.9. The monoisotopic (exact) mass is 297 g/mol. The number of nitrogens with one attached hydrogen (secondary N) is 1. The van der Waals surface area contributed by atoms with Gasteiger partial charge in [-0.15, -0.1) is 0 Å². The molecule has 1 N–H and O–H groups in total. The molecule has 0 bridgehead atoms. The second-order valence-electron chi connectivity index (χ2n) is 4.96. The third-order valence-corrected chi connectivity index (χ3v) is 3.93. The average Bonchev–Trinajstić information content (AvgIpc) is 2.32. The molecule has 1 aromatic rings. The van der Waals surface area contributed by atoms with E-state index in [9.17, 15) is 0 Å². The Morgan fingerprint density at radius 2 is 1.94 bits per heavy atom. The molecule has 0 aliphatic rings. The molecule has 2 heteroatoms. The largest absolute Gasteiger partial charge is 0.382 e. The van der Waals surface area contributed by atoms with Crippen molar-refractivity contribution in [3.8, 4) is 0 Å². The fourth-order valence-electron chi connectivity index (χ4n) is 1.95. The second kappa shape index (κ2) is 7.05. The van der Waals surface area contributed by atoms with Crippen LogP contribution in [0.25, 0.3) is 0 Å². The molecule has 0 aliphatic carbocycles. The lowest BCUT2D eigenvalue weighted by Crippen LogP contribution is -2.21. The van der Waals surface area contributed by atoms with Gasteiger partial charge in [0.05, 0.1) is 0 Å². The van der Waals surface area contributed by atoms with Gasteiger partial charge >= 0.3 is 0 Å². The predicted molar refractivity (Wildman–Crippen MR) is 80.7 cm³/mol. The summed E-state index contributed by atoms with van der Waals surface area (Å²) in [4.78, 5) is 0. The van der Waals surface area contributed by atoms with Crippen LogP contribution in [-0.2, 0) is 0 Å². The van der Waals surface area contributed by atoms with E-state index in [-0.39, 0.29) is 0 Å². The molecule has 0 radical (unpaired) electrons. The maximum Gasteiger partial charge on any atom is 0.0383 e. The highest BCUT2D eigenvalue weighted by Gasteiger charge is 2.11. The fourth-order valence-corrected chi connectivity index (χ4v) is 2.31. The van der Waals surface area contributed by atoms with E-state index in [0.717, 1.165) is 10.4 Å². The number of rotatable bonds is 6. The number of hydrogen-bond acceptors (Lipinski definition) is 1. The molecule has 0 aliphatic heterocycles. The first-order chi connectivity index (χ1) is 8.06. The number of hydrogen-bond donors (Lipinski definition) is 1. The van der Waals surface area contributed by atoms with Crippen LogP contribution in [0.3, 0.4) is 0 Å². The lowest BCUT2D eigenvalue weighted by Gasteiger charge is -2.22. The Hall–Kier alpha value is -0.500. The summed E-state index contributed by atoms with van der Waals surface area (Å²) in [7, 11) is 0. The van der Waals surface area contributed by atoms with Crippen LogP contribution in [0.15, 0.2) is 22.7 Å². The molecule has 1 rings (SSSR count). The highest BCUT2D eigenvalue weighted by Crippen LogP contribution is 2.23. The molecule has 96 valence electrons. The van der Waals surface area contributed by atoms with Gasteiger partial charge in [0.25, 0.3) is 0 Å². The molecule has 0 aromatic heterocycles. The molecular weight excluding hydrogens is 274 g/mol. The van der Waals surface area contributed by atoms with Crippen molar-refractivity contribution in [3.63, 3.8) is 0 Å². The number of halogens is 1. The number of anilines is 1. The van der Waals surface area contributed by atoms with E-state index in [0.29, 0.717) is 6.04 Å². The van der Waals surface area contributed by atoms with Crippen LogP contribution < -0.4 is 5.32 Å². The van der Waals surface area contributed by atoms with Gasteiger partial charge in [0, 0.05) is 16.2 Å². The standard InChI is InChI=1S/C15H24BrN/c1-5-11(3)9-14(6-2)17-15-10-13(16)8-7-12(15)4/h7-8,10-11,14,17H,5-6,9H2,1-4H3. The van der Waals surface area contributed by atoms with Gasteiger partial charge < -0.3 is 5.32 Å². The normalized spacial score (nSPS) is 14.4. The van der Waals surface area contributed by atoms with E-state index in [1.54, 1.807) is 0 Å². The van der Waals surface area contributed by atoms with Crippen LogP contribution in [0.4, 0.5) is 5.69 Å². The average molecular weight is 298 g/mol. The van der Waals surface area contributed by atoms with Gasteiger partial charge in [0.2, 0.25) is 0 Å². The molecule has 0 saturated heterocycles. The zero-order chi connectivity index (χ0) is 12.8. The van der Waals surface area contributed by atoms with E-state index < -0.39 is 0 Å². The molecule has 0 amide bonds. The van der Waals surface area contributed by atoms with Gasteiger partial charge in [0.15, 0.2) is 0 Å². The minimum absolute atomic E-state index is 0.581. The quantitative estimate of drug-likeness (QED) is 0.743. The van der Waals surface area contributed by atoms with E-state index in [1.807, 2.05) is 0 Å². The van der Waals surface area contributed by atoms with Crippen molar-refractivity contribution >= 4 is 21.6 Å². The van der Waals surface area contributed by atoms with Gasteiger partial charge in [-0.25, -0.2) is 0 Å². The van der Waals surface area contributed by atoms with Gasteiger partial charge in [-0.3, -0.25) is 0 Å². The van der Waals surface area contributed by atoms with E-state index in [1.165, 1.54) is 30.5 Å². The molecule has 17 heavy (non-hydrogen) atoms. The molecule has 0 spiro atoms. The van der Waals surface area contributed by atoms with Crippen LogP contribution in [0.2, 0.25) is 0 Å². The SMILES string of the molecule is CCC(C)CC(CC)Nc1cc(Br)ccc1C. The Bertz CT molecular complexity index is 349. The number of benzene rings is 1. The summed E-state index contributed by atoms with van der Waals surface area (Å²) in [6, 6.07) is 7.01. The lowest BCUT2D eigenvalue weighted by molar-refractivity contribution is 0.461. The van der Waals surface area contributed by atoms with Gasteiger partial charge in [0.1, 0.15) is 0 Å². The summed E-state index contributed by atoms with van der Waals surface area (Å²) in [5, 5.41) is 3.67. The summed E-state index contributed by atoms with van der Waals surface area (Å²) in [5.74, 6) is 0.792. The summed E-state index contributed by atoms with van der Waals surface area (Å²) < 4.78 is 1.14. The minimum Gasteiger partial charge on any atom is -0.382 e. The van der Waals surface area contributed by atoms with Gasteiger partial charge in [-0.05, 0) is 43.4 Å². The first kappa shape index (κ1) is 14.6. The van der Waals surface area contributed by atoms with Crippen LogP contribution in [0.1, 0.15) is 45.6 Å². The Labute approximate surface area is 114 Å². The molecule has 1 nitrogen and oxygen atoms in total. The zero-order valence-corrected chi connectivity index (χ0v) is 13.0. The van der Waals surface area contributed by atoms with E-state index in [4.69, 9.17) is 0 Å². The topological polar surface area (TPSA) is 12.0 Å². The Balaban J connectivity index is 2.69. The first-order valence-electron chi connectivity index (χ1n) is 6.59. The van der Waals surface area contributed by atoms with Crippen molar-refractivity contribution in [2.24, 2.45) is 5.92 Å². The molecule has 2 unspecified atom stereocenters. The molecule has 2 atom stereocenters. The van der Waals surface area contributed by atoms with Crippen molar-refractivity contribution in [3.05, 3.63) is 28.2 Å². The summed E-state index contributed by atoms with van der Waals surface area (Å²) in [6.07, 6.45) is 3.69. The van der Waals surface area contributed by atoms with Crippen LogP contribution in [0.5, 0.6) is 0 Å². The maximum atomic E-state index is 3.67. The third kappa shape index (κ3) is 4.71. The van der Waals surface area contributed by atoms with Crippen LogP contribution in [-0.4, -0.2) is 6.04 Å². The minimum atomic E-state index is 0.581. The first-order valence-corrected chi connectivity index (χ1v) is 7.38. The molecule has 0 fully saturated rings. The Kier molecular flexibility index (Phi) is 6.04. The summed E-state index contributed by atoms with van der Waals surface area (Å²) in [6.45, 7) is 9.01. The zero-order valence-electron chi connectivity index (χ0n) is 11.4. The van der Waals surface area contributed by atoms with Crippen molar-refractivity contribution in [1.29, 1.82) is 0 Å². The van der Waals surface area contributed by atoms with Gasteiger partial charge in [-0.1, -0.05) is 49.2 Å². The van der Waals surface area contributed by atoms with Crippen molar-refractivity contribution in [2.45, 2.75) is 53.0 Å². The van der Waals surface area contributed by atoms with E-state index in [2.05, 4.69) is 67.1 Å². The molecule has 1 aromatic carbocycles. The summed E-state index contributed by atoms with van der Waals surface area (Å²) in [5.41, 5.74) is 2.57. The maximum absolute atomic E-state index is 3.67. The highest BCUT2D eigenvalue weighted by molar-refractivity contribution is 9.10. The summed E-state index contributed by atoms with van der Waals surface area (Å²) >= 11 is 3.53. The van der Waals surface area contributed by atoms with Crippen molar-refractivity contribution < 1.29 is 0 Å². The lowest BCUT2D eigenvalue weighted by atomic mass is 9.97. The van der Waals surface area contributed by atoms with E-state index >= 15 is 0 Å². The predicted octanol–water partition coefficient (Wildman–Crippen LogP) is 5.38. The Morgan fingerprint density at radius 1 is 1.24 bits per heavy atom.